The first-order chi connectivity index (χ1) is 15.6. The van der Waals surface area contributed by atoms with Crippen LogP contribution in [0.15, 0.2) is 0 Å². The van der Waals surface area contributed by atoms with Crippen molar-refractivity contribution >= 4 is 11.9 Å². The summed E-state index contributed by atoms with van der Waals surface area (Å²) in [4.78, 5) is 24.3. The first-order valence-corrected chi connectivity index (χ1v) is 14.0. The number of hydrogen-bond acceptors (Lipinski definition) is 2. The van der Waals surface area contributed by atoms with Crippen LogP contribution in [0.5, 0.6) is 0 Å². The summed E-state index contributed by atoms with van der Waals surface area (Å²) in [6, 6.07) is 0. The lowest BCUT2D eigenvalue weighted by Gasteiger charge is -2.47. The van der Waals surface area contributed by atoms with Crippen LogP contribution in [0.2, 0.25) is 0 Å². The predicted molar refractivity (Wildman–Crippen MR) is 140 cm³/mol. The molecular weight excluding hydrogens is 412 g/mol. The van der Waals surface area contributed by atoms with E-state index in [0.29, 0.717) is 6.42 Å². The maximum atomic E-state index is 12.5. The monoisotopic (exact) mass is 469 g/mol. The molecule has 196 valence electrons. The molecule has 2 N–H and O–H groups in total. The fourth-order valence-corrected chi connectivity index (χ4v) is 4.38. The number of amides is 1. The molecule has 0 aromatic carbocycles. The van der Waals surface area contributed by atoms with Gasteiger partial charge in [0.1, 0.15) is 0 Å². The molecular formula is C28H57N2O3+. The van der Waals surface area contributed by atoms with E-state index in [2.05, 4.69) is 19.2 Å². The molecule has 5 nitrogen and oxygen atoms in total. The minimum absolute atomic E-state index is 0.0514. The van der Waals surface area contributed by atoms with Gasteiger partial charge >= 0.3 is 5.97 Å². The highest BCUT2D eigenvalue weighted by Crippen LogP contribution is 2.26. The zero-order valence-corrected chi connectivity index (χ0v) is 23.0. The van der Waals surface area contributed by atoms with Crippen molar-refractivity contribution in [3.05, 3.63) is 0 Å². The van der Waals surface area contributed by atoms with Crippen LogP contribution in [0.1, 0.15) is 143 Å². The van der Waals surface area contributed by atoms with Crippen LogP contribution < -0.4 is 5.32 Å². The van der Waals surface area contributed by atoms with E-state index < -0.39 is 11.5 Å². The molecule has 0 spiro atoms. The van der Waals surface area contributed by atoms with Crippen molar-refractivity contribution in [3.8, 4) is 0 Å². The van der Waals surface area contributed by atoms with E-state index in [4.69, 9.17) is 0 Å². The van der Waals surface area contributed by atoms with E-state index in [9.17, 15) is 14.7 Å². The second kappa shape index (κ2) is 18.3. The van der Waals surface area contributed by atoms with Crippen molar-refractivity contribution in [2.75, 3.05) is 14.1 Å². The summed E-state index contributed by atoms with van der Waals surface area (Å²) < 4.78 is 0.237. The molecule has 0 bridgehead atoms. The SMILES string of the molecule is CCCCCCCCCCCCCCCCCC(=O)NC(CCC)[N+](C)(C)C(C)(C)C(=O)O. The fraction of sp³-hybridized carbons (Fsp3) is 0.929. The quantitative estimate of drug-likeness (QED) is 0.0984. The van der Waals surface area contributed by atoms with E-state index in [-0.39, 0.29) is 16.6 Å². The average Bonchev–Trinajstić information content (AvgIpc) is 2.75. The Balaban J connectivity index is 3.90. The summed E-state index contributed by atoms with van der Waals surface area (Å²) in [7, 11) is 3.81. The molecule has 0 heterocycles. The number of quaternary nitrogens is 1. The van der Waals surface area contributed by atoms with Crippen molar-refractivity contribution < 1.29 is 19.2 Å². The van der Waals surface area contributed by atoms with Gasteiger partial charge in [0.25, 0.3) is 0 Å². The number of carbonyl (C=O) groups excluding carboxylic acids is 1. The molecule has 0 rings (SSSR count). The van der Waals surface area contributed by atoms with E-state index in [0.717, 1.165) is 25.7 Å². The Morgan fingerprint density at radius 2 is 1.12 bits per heavy atom. The molecule has 0 radical (unpaired) electrons. The molecule has 1 amide bonds. The molecule has 0 aliphatic carbocycles. The molecule has 0 fully saturated rings. The highest BCUT2D eigenvalue weighted by molar-refractivity contribution is 5.77. The summed E-state index contributed by atoms with van der Waals surface area (Å²) in [5, 5.41) is 12.8. The zero-order chi connectivity index (χ0) is 25.2. The van der Waals surface area contributed by atoms with E-state index in [1.54, 1.807) is 13.8 Å². The molecule has 0 saturated carbocycles. The van der Waals surface area contributed by atoms with Crippen molar-refractivity contribution in [2.45, 2.75) is 155 Å². The van der Waals surface area contributed by atoms with E-state index in [1.807, 2.05) is 14.1 Å². The molecule has 5 heteroatoms. The van der Waals surface area contributed by atoms with Gasteiger partial charge in [-0.05, 0) is 12.8 Å². The van der Waals surface area contributed by atoms with Crippen molar-refractivity contribution in [1.82, 2.24) is 5.32 Å². The molecule has 33 heavy (non-hydrogen) atoms. The summed E-state index contributed by atoms with van der Waals surface area (Å²) >= 11 is 0. The van der Waals surface area contributed by atoms with Gasteiger partial charge < -0.3 is 10.4 Å². The number of carboxylic acids is 1. The topological polar surface area (TPSA) is 66.4 Å². The minimum Gasteiger partial charge on any atom is -0.477 e. The first kappa shape index (κ1) is 31.9. The summed E-state index contributed by atoms with van der Waals surface area (Å²) in [5.41, 5.74) is -0.970. The molecule has 0 aromatic heterocycles. The third kappa shape index (κ3) is 13.4. The van der Waals surface area contributed by atoms with E-state index >= 15 is 0 Å². The highest BCUT2D eigenvalue weighted by atomic mass is 16.4. The third-order valence-electron chi connectivity index (χ3n) is 7.64. The average molecular weight is 470 g/mol. The summed E-state index contributed by atoms with van der Waals surface area (Å²) in [6.07, 6.45) is 21.7. The number of aliphatic carboxylic acids is 1. The van der Waals surface area contributed by atoms with Gasteiger partial charge in [-0.2, -0.15) is 0 Å². The minimum atomic E-state index is -0.970. The standard InChI is InChI=1S/C28H56N2O3/c1-7-9-10-11-12-13-14-15-16-17-18-19-20-21-22-24-26(31)29-25(23-8-2)30(5,6)28(3,4)27(32)33/h25H,7-24H2,1-6H3,(H-,29,31,32,33)/p+1. The maximum absolute atomic E-state index is 12.5. The lowest BCUT2D eigenvalue weighted by Crippen LogP contribution is -2.69. The van der Waals surface area contributed by atoms with Crippen LogP contribution >= 0.6 is 0 Å². The number of carboxylic acid groups (broad SMARTS) is 1. The first-order valence-electron chi connectivity index (χ1n) is 14.0. The van der Waals surface area contributed by atoms with Crippen LogP contribution in [0.4, 0.5) is 0 Å². The lowest BCUT2D eigenvalue weighted by atomic mass is 9.98. The number of carbonyl (C=O) groups is 2. The van der Waals surface area contributed by atoms with Gasteiger partial charge in [-0.25, -0.2) is 4.79 Å². The molecule has 0 aliphatic rings. The second-order valence-corrected chi connectivity index (χ2v) is 11.0. The summed E-state index contributed by atoms with van der Waals surface area (Å²) in [5.74, 6) is -0.791. The van der Waals surface area contributed by atoms with Gasteiger partial charge in [0.2, 0.25) is 5.91 Å². The predicted octanol–water partition coefficient (Wildman–Crippen LogP) is 7.43. The Morgan fingerprint density at radius 1 is 0.727 bits per heavy atom. The Morgan fingerprint density at radius 3 is 1.48 bits per heavy atom. The molecule has 0 aromatic rings. The highest BCUT2D eigenvalue weighted by Gasteiger charge is 2.48. The number of rotatable bonds is 22. The third-order valence-corrected chi connectivity index (χ3v) is 7.64. The van der Waals surface area contributed by atoms with Gasteiger partial charge in [0, 0.05) is 26.7 Å². The molecule has 1 unspecified atom stereocenters. The Hall–Kier alpha value is -1.10. The number of unbranched alkanes of at least 4 members (excludes halogenated alkanes) is 14. The van der Waals surface area contributed by atoms with Crippen LogP contribution in [0.3, 0.4) is 0 Å². The normalized spacial score (nSPS) is 13.2. The fourth-order valence-electron chi connectivity index (χ4n) is 4.38. The Bertz CT molecular complexity index is 517. The van der Waals surface area contributed by atoms with Crippen molar-refractivity contribution in [2.24, 2.45) is 0 Å². The van der Waals surface area contributed by atoms with Crippen LogP contribution in [0, 0.1) is 0 Å². The van der Waals surface area contributed by atoms with Crippen LogP contribution in [-0.4, -0.2) is 47.3 Å². The summed E-state index contributed by atoms with van der Waals surface area (Å²) in [6.45, 7) is 7.81. The second-order valence-electron chi connectivity index (χ2n) is 11.0. The van der Waals surface area contributed by atoms with Crippen molar-refractivity contribution in [3.63, 3.8) is 0 Å². The molecule has 0 saturated heterocycles. The van der Waals surface area contributed by atoms with Gasteiger partial charge in [-0.15, -0.1) is 0 Å². The van der Waals surface area contributed by atoms with Gasteiger partial charge in [0.15, 0.2) is 11.7 Å². The zero-order valence-electron chi connectivity index (χ0n) is 23.0. The Kier molecular flexibility index (Phi) is 17.6. The van der Waals surface area contributed by atoms with Crippen LogP contribution in [-0.2, 0) is 9.59 Å². The number of hydrogen-bond donors (Lipinski definition) is 2. The van der Waals surface area contributed by atoms with Gasteiger partial charge in [-0.3, -0.25) is 9.28 Å². The van der Waals surface area contributed by atoms with E-state index in [1.165, 1.54) is 83.5 Å². The number of likely N-dealkylation sites (N-methyl/N-ethyl adjacent to an activating group) is 1. The molecule has 1 atom stereocenters. The largest absolute Gasteiger partial charge is 0.477 e. The van der Waals surface area contributed by atoms with Gasteiger partial charge in [0.05, 0.1) is 14.1 Å². The maximum Gasteiger partial charge on any atom is 0.365 e. The lowest BCUT2D eigenvalue weighted by molar-refractivity contribution is -0.953. The molecule has 0 aliphatic heterocycles. The Labute approximate surface area is 205 Å². The number of nitrogens with zero attached hydrogens (tertiary/aromatic N) is 1. The van der Waals surface area contributed by atoms with Gasteiger partial charge in [-0.1, -0.05) is 104 Å². The number of nitrogens with one attached hydrogen (secondary N) is 1. The smallest absolute Gasteiger partial charge is 0.365 e. The van der Waals surface area contributed by atoms with Crippen molar-refractivity contribution in [1.29, 1.82) is 0 Å². The van der Waals surface area contributed by atoms with Crippen LogP contribution in [0.25, 0.3) is 0 Å².